The fraction of sp³-hybridized carbons (Fsp3) is 0.316. The first-order valence-corrected chi connectivity index (χ1v) is 8.74. The lowest BCUT2D eigenvalue weighted by molar-refractivity contribution is -0.123. The fourth-order valence-corrected chi connectivity index (χ4v) is 2.77. The van der Waals surface area contributed by atoms with Gasteiger partial charge in [-0.25, -0.2) is 0 Å². The minimum Gasteiger partial charge on any atom is -0.472 e. The topological polar surface area (TPSA) is 104 Å². The lowest BCUT2D eigenvalue weighted by atomic mass is 10.1. The third-order valence-corrected chi connectivity index (χ3v) is 4.33. The van der Waals surface area contributed by atoms with Gasteiger partial charge in [0.25, 0.3) is 5.91 Å². The summed E-state index contributed by atoms with van der Waals surface area (Å²) in [4.78, 5) is 37.6. The van der Waals surface area contributed by atoms with Gasteiger partial charge in [0.2, 0.25) is 11.8 Å². The van der Waals surface area contributed by atoms with Crippen LogP contribution in [0.5, 0.6) is 0 Å². The van der Waals surface area contributed by atoms with E-state index >= 15 is 0 Å². The van der Waals surface area contributed by atoms with Crippen LogP contribution in [-0.4, -0.2) is 43.4 Å². The number of benzene rings is 1. The second-order valence-corrected chi connectivity index (χ2v) is 6.36. The summed E-state index contributed by atoms with van der Waals surface area (Å²) in [5.41, 5.74) is 2.28. The molecule has 1 atom stereocenters. The maximum absolute atomic E-state index is 12.2. The van der Waals surface area contributed by atoms with Crippen molar-refractivity contribution in [1.29, 1.82) is 0 Å². The molecule has 3 amide bonds. The Balaban J connectivity index is 1.48. The Morgan fingerprint density at radius 1 is 1.26 bits per heavy atom. The first-order chi connectivity index (χ1) is 13.0. The van der Waals surface area contributed by atoms with E-state index in [0.717, 1.165) is 17.8 Å². The molecule has 3 N–H and O–H groups in total. The molecule has 2 heterocycles. The van der Waals surface area contributed by atoms with Crippen molar-refractivity contribution in [2.45, 2.75) is 19.5 Å². The van der Waals surface area contributed by atoms with Gasteiger partial charge in [-0.15, -0.1) is 0 Å². The standard InChI is InChI=1S/C19H22N4O4/c1-13(22-19(26)15-6-9-27-12-15)18(25)21-10-14-2-4-16(5-3-14)23-8-7-20-17(24)11-23/h2-6,9,12-13H,7-8,10-11H2,1H3,(H,20,24)(H,21,25)(H,22,26). The van der Waals surface area contributed by atoms with Gasteiger partial charge in [0.05, 0.1) is 18.4 Å². The zero-order valence-corrected chi connectivity index (χ0v) is 15.0. The summed E-state index contributed by atoms with van der Waals surface area (Å²) < 4.78 is 4.86. The highest BCUT2D eigenvalue weighted by molar-refractivity contribution is 5.97. The molecular weight excluding hydrogens is 348 g/mol. The van der Waals surface area contributed by atoms with Crippen LogP contribution in [0.1, 0.15) is 22.8 Å². The van der Waals surface area contributed by atoms with E-state index in [2.05, 4.69) is 16.0 Å². The van der Waals surface area contributed by atoms with Gasteiger partial charge < -0.3 is 25.3 Å². The van der Waals surface area contributed by atoms with Crippen molar-refractivity contribution in [3.8, 4) is 0 Å². The van der Waals surface area contributed by atoms with Crippen LogP contribution in [0.4, 0.5) is 5.69 Å². The summed E-state index contributed by atoms with van der Waals surface area (Å²) in [6.07, 6.45) is 2.73. The molecule has 1 aromatic carbocycles. The van der Waals surface area contributed by atoms with Crippen molar-refractivity contribution in [3.63, 3.8) is 0 Å². The highest BCUT2D eigenvalue weighted by Gasteiger charge is 2.18. The largest absolute Gasteiger partial charge is 0.472 e. The first kappa shape index (κ1) is 18.5. The Morgan fingerprint density at radius 3 is 2.70 bits per heavy atom. The molecule has 1 aliphatic heterocycles. The molecule has 1 fully saturated rings. The van der Waals surface area contributed by atoms with E-state index in [1.54, 1.807) is 6.92 Å². The average Bonchev–Trinajstić information content (AvgIpc) is 3.21. The molecule has 1 unspecified atom stereocenters. The van der Waals surface area contributed by atoms with Crippen LogP contribution < -0.4 is 20.9 Å². The number of nitrogens with one attached hydrogen (secondary N) is 3. The molecule has 1 aromatic heterocycles. The first-order valence-electron chi connectivity index (χ1n) is 8.74. The van der Waals surface area contributed by atoms with Gasteiger partial charge in [-0.2, -0.15) is 0 Å². The highest BCUT2D eigenvalue weighted by Crippen LogP contribution is 2.16. The third-order valence-electron chi connectivity index (χ3n) is 4.33. The number of hydrogen-bond acceptors (Lipinski definition) is 5. The third kappa shape index (κ3) is 4.87. The van der Waals surface area contributed by atoms with Crippen LogP contribution in [-0.2, 0) is 16.1 Å². The molecule has 2 aromatic rings. The summed E-state index contributed by atoms with van der Waals surface area (Å²) in [6.45, 7) is 3.74. The Bertz CT molecular complexity index is 802. The van der Waals surface area contributed by atoms with Crippen molar-refractivity contribution in [2.24, 2.45) is 0 Å². The number of hydrogen-bond donors (Lipinski definition) is 3. The van der Waals surface area contributed by atoms with E-state index in [0.29, 0.717) is 25.2 Å². The monoisotopic (exact) mass is 370 g/mol. The molecule has 0 aliphatic carbocycles. The summed E-state index contributed by atoms with van der Waals surface area (Å²) in [7, 11) is 0. The molecule has 8 heteroatoms. The maximum Gasteiger partial charge on any atom is 0.255 e. The lowest BCUT2D eigenvalue weighted by Gasteiger charge is -2.28. The predicted octanol–water partition coefficient (Wildman–Crippen LogP) is 0.650. The molecular formula is C19H22N4O4. The van der Waals surface area contributed by atoms with Crippen molar-refractivity contribution in [1.82, 2.24) is 16.0 Å². The number of furan rings is 1. The van der Waals surface area contributed by atoms with Gasteiger partial charge in [-0.3, -0.25) is 14.4 Å². The number of rotatable bonds is 6. The molecule has 142 valence electrons. The molecule has 3 rings (SSSR count). The minimum atomic E-state index is -0.668. The Morgan fingerprint density at radius 2 is 2.04 bits per heavy atom. The number of nitrogens with zero attached hydrogens (tertiary/aromatic N) is 1. The smallest absolute Gasteiger partial charge is 0.255 e. The fourth-order valence-electron chi connectivity index (χ4n) is 2.77. The molecule has 1 saturated heterocycles. The summed E-state index contributed by atoms with van der Waals surface area (Å²) in [5.74, 6) is -0.617. The lowest BCUT2D eigenvalue weighted by Crippen LogP contribution is -2.47. The maximum atomic E-state index is 12.2. The number of amides is 3. The van der Waals surface area contributed by atoms with Gasteiger partial charge in [-0.05, 0) is 30.7 Å². The van der Waals surface area contributed by atoms with Gasteiger partial charge in [-0.1, -0.05) is 12.1 Å². The van der Waals surface area contributed by atoms with E-state index in [1.807, 2.05) is 29.2 Å². The zero-order valence-electron chi connectivity index (χ0n) is 15.0. The van der Waals surface area contributed by atoms with Crippen LogP contribution in [0.25, 0.3) is 0 Å². The highest BCUT2D eigenvalue weighted by atomic mass is 16.3. The Labute approximate surface area is 156 Å². The van der Waals surface area contributed by atoms with E-state index in [-0.39, 0.29) is 17.7 Å². The quantitative estimate of drug-likeness (QED) is 0.693. The van der Waals surface area contributed by atoms with Crippen LogP contribution >= 0.6 is 0 Å². The van der Waals surface area contributed by atoms with Gasteiger partial charge in [0.1, 0.15) is 12.3 Å². The molecule has 8 nitrogen and oxygen atoms in total. The van der Waals surface area contributed by atoms with E-state index < -0.39 is 6.04 Å². The second-order valence-electron chi connectivity index (χ2n) is 6.36. The predicted molar refractivity (Wildman–Crippen MR) is 99.1 cm³/mol. The van der Waals surface area contributed by atoms with Crippen molar-refractivity contribution in [2.75, 3.05) is 24.5 Å². The van der Waals surface area contributed by atoms with Gasteiger partial charge in [0.15, 0.2) is 0 Å². The molecule has 0 spiro atoms. The Kier molecular flexibility index (Phi) is 5.75. The van der Waals surface area contributed by atoms with Crippen molar-refractivity contribution >= 4 is 23.4 Å². The number of anilines is 1. The molecule has 0 saturated carbocycles. The molecule has 1 aliphatic rings. The Hall–Kier alpha value is -3.29. The average molecular weight is 370 g/mol. The minimum absolute atomic E-state index is 0.0176. The van der Waals surface area contributed by atoms with E-state index in [9.17, 15) is 14.4 Å². The normalized spacial score (nSPS) is 15.0. The summed E-state index contributed by atoms with van der Waals surface area (Å²) in [5, 5.41) is 8.22. The van der Waals surface area contributed by atoms with Crippen LogP contribution in [0.2, 0.25) is 0 Å². The SMILES string of the molecule is CC(NC(=O)c1ccoc1)C(=O)NCc1ccc(N2CCNC(=O)C2)cc1. The number of carbonyl (C=O) groups excluding carboxylic acids is 3. The second kappa shape index (κ2) is 8.39. The van der Waals surface area contributed by atoms with Crippen molar-refractivity contribution < 1.29 is 18.8 Å². The van der Waals surface area contributed by atoms with Gasteiger partial charge >= 0.3 is 0 Å². The molecule has 0 bridgehead atoms. The molecule has 27 heavy (non-hydrogen) atoms. The van der Waals surface area contributed by atoms with Gasteiger partial charge in [0, 0.05) is 25.3 Å². The zero-order chi connectivity index (χ0) is 19.2. The van der Waals surface area contributed by atoms with E-state index in [4.69, 9.17) is 4.42 Å². The summed E-state index contributed by atoms with van der Waals surface area (Å²) >= 11 is 0. The van der Waals surface area contributed by atoms with Crippen LogP contribution in [0.3, 0.4) is 0 Å². The van der Waals surface area contributed by atoms with Crippen LogP contribution in [0, 0.1) is 0 Å². The number of piperazine rings is 1. The molecule has 0 radical (unpaired) electrons. The summed E-state index contributed by atoms with van der Waals surface area (Å²) in [6, 6.07) is 8.56. The van der Waals surface area contributed by atoms with Crippen molar-refractivity contribution in [3.05, 3.63) is 54.0 Å². The van der Waals surface area contributed by atoms with Crippen LogP contribution in [0.15, 0.2) is 47.3 Å². The number of carbonyl (C=O) groups is 3. The van der Waals surface area contributed by atoms with E-state index in [1.165, 1.54) is 18.6 Å².